The van der Waals surface area contributed by atoms with Crippen LogP contribution >= 0.6 is 0 Å². The Hall–Kier alpha value is -2.37. The molecule has 0 saturated carbocycles. The highest BCUT2D eigenvalue weighted by Crippen LogP contribution is 2.25. The van der Waals surface area contributed by atoms with Crippen LogP contribution in [0.1, 0.15) is 30.4 Å². The number of aromatic nitrogens is 2. The molecule has 0 fully saturated rings. The largest absolute Gasteiger partial charge is 0.489 e. The van der Waals surface area contributed by atoms with E-state index in [9.17, 15) is 4.79 Å². The lowest BCUT2D eigenvalue weighted by molar-refractivity contribution is 0.0988. The molecule has 2 rings (SSSR count). The molecule has 0 aliphatic carbocycles. The van der Waals surface area contributed by atoms with Crippen molar-refractivity contribution in [3.8, 4) is 5.75 Å². The monoisotopic (exact) mass is 261 g/mol. The summed E-state index contributed by atoms with van der Waals surface area (Å²) < 4.78 is 10.7. The van der Waals surface area contributed by atoms with Gasteiger partial charge in [-0.15, -0.1) is 10.2 Å². The molecule has 0 spiro atoms. The van der Waals surface area contributed by atoms with E-state index >= 15 is 0 Å². The number of aryl methyl sites for hydroxylation is 1. The van der Waals surface area contributed by atoms with Crippen molar-refractivity contribution in [2.75, 3.05) is 5.32 Å². The molecule has 2 aromatic rings. The Morgan fingerprint density at radius 2 is 2.05 bits per heavy atom. The lowest BCUT2D eigenvalue weighted by Crippen LogP contribution is -2.14. The van der Waals surface area contributed by atoms with E-state index in [0.29, 0.717) is 17.3 Å². The van der Waals surface area contributed by atoms with Gasteiger partial charge in [0.15, 0.2) is 0 Å². The molecule has 6 heteroatoms. The predicted molar refractivity (Wildman–Crippen MR) is 69.2 cm³/mol. The van der Waals surface area contributed by atoms with E-state index in [2.05, 4.69) is 15.5 Å². The number of carbonyl (C=O) groups excluding carboxylic acids is 1. The number of para-hydroxylation sites is 2. The van der Waals surface area contributed by atoms with Crippen molar-refractivity contribution in [1.82, 2.24) is 10.2 Å². The maximum atomic E-state index is 11.9. The summed E-state index contributed by atoms with van der Waals surface area (Å²) in [5, 5.41) is 9.96. The summed E-state index contributed by atoms with van der Waals surface area (Å²) in [6, 6.07) is 7.18. The Morgan fingerprint density at radius 3 is 2.68 bits per heavy atom. The second-order valence-electron chi connectivity index (χ2n) is 4.24. The molecule has 0 bridgehead atoms. The highest BCUT2D eigenvalue weighted by atomic mass is 16.5. The average Bonchev–Trinajstić information content (AvgIpc) is 2.78. The van der Waals surface area contributed by atoms with Crippen LogP contribution in [0.15, 0.2) is 28.7 Å². The summed E-state index contributed by atoms with van der Waals surface area (Å²) in [6.45, 7) is 5.46. The third-order valence-electron chi connectivity index (χ3n) is 2.22. The Balaban J connectivity index is 2.16. The number of anilines is 1. The Bertz CT molecular complexity index is 578. The summed E-state index contributed by atoms with van der Waals surface area (Å²) in [5.74, 6) is 0.413. The Morgan fingerprint density at radius 1 is 1.32 bits per heavy atom. The second kappa shape index (κ2) is 5.51. The molecule has 1 N–H and O–H groups in total. The van der Waals surface area contributed by atoms with Crippen LogP contribution in [0.4, 0.5) is 5.69 Å². The van der Waals surface area contributed by atoms with Gasteiger partial charge in [0.25, 0.3) is 0 Å². The van der Waals surface area contributed by atoms with E-state index in [1.165, 1.54) is 0 Å². The fourth-order valence-corrected chi connectivity index (χ4v) is 1.49. The van der Waals surface area contributed by atoms with Gasteiger partial charge in [-0.05, 0) is 26.0 Å². The summed E-state index contributed by atoms with van der Waals surface area (Å²) in [4.78, 5) is 11.9. The summed E-state index contributed by atoms with van der Waals surface area (Å²) in [7, 11) is 0. The first-order valence-electron chi connectivity index (χ1n) is 5.93. The van der Waals surface area contributed by atoms with E-state index in [0.717, 1.165) is 0 Å². The molecule has 1 heterocycles. The van der Waals surface area contributed by atoms with Crippen LogP contribution in [0.3, 0.4) is 0 Å². The first-order chi connectivity index (χ1) is 9.06. The van der Waals surface area contributed by atoms with Crippen molar-refractivity contribution >= 4 is 11.6 Å². The van der Waals surface area contributed by atoms with Crippen molar-refractivity contribution in [3.05, 3.63) is 36.0 Å². The first-order valence-corrected chi connectivity index (χ1v) is 5.93. The molecule has 0 aliphatic rings. The van der Waals surface area contributed by atoms with Crippen LogP contribution in [-0.2, 0) is 0 Å². The topological polar surface area (TPSA) is 77.2 Å². The fourth-order valence-electron chi connectivity index (χ4n) is 1.49. The van der Waals surface area contributed by atoms with Crippen LogP contribution in [0.25, 0.3) is 0 Å². The zero-order valence-corrected chi connectivity index (χ0v) is 11.0. The summed E-state index contributed by atoms with van der Waals surface area (Å²) in [6.07, 6.45) is 0.0173. The minimum atomic E-state index is -0.458. The molecule has 1 amide bonds. The van der Waals surface area contributed by atoms with Crippen molar-refractivity contribution in [1.29, 1.82) is 0 Å². The van der Waals surface area contributed by atoms with Crippen molar-refractivity contribution < 1.29 is 13.9 Å². The lowest BCUT2D eigenvalue weighted by atomic mass is 10.3. The first kappa shape index (κ1) is 13.1. The summed E-state index contributed by atoms with van der Waals surface area (Å²) in [5.41, 5.74) is 0.567. The molecular formula is C13H15N3O3. The number of nitrogens with one attached hydrogen (secondary N) is 1. The zero-order chi connectivity index (χ0) is 13.8. The molecular weight excluding hydrogens is 246 g/mol. The maximum absolute atomic E-state index is 11.9. The van der Waals surface area contributed by atoms with Gasteiger partial charge < -0.3 is 14.5 Å². The molecule has 100 valence electrons. The number of benzene rings is 1. The summed E-state index contributed by atoms with van der Waals surface area (Å²) >= 11 is 0. The quantitative estimate of drug-likeness (QED) is 0.914. The molecule has 0 saturated heterocycles. The number of hydrogen-bond donors (Lipinski definition) is 1. The highest BCUT2D eigenvalue weighted by molar-refractivity contribution is 6.01. The van der Waals surface area contributed by atoms with Gasteiger partial charge in [-0.1, -0.05) is 12.1 Å². The molecule has 1 aromatic heterocycles. The number of nitrogens with zero attached hydrogens (tertiary/aromatic N) is 2. The average molecular weight is 261 g/mol. The minimum Gasteiger partial charge on any atom is -0.489 e. The number of hydrogen-bond acceptors (Lipinski definition) is 5. The molecule has 0 atom stereocenters. The van der Waals surface area contributed by atoms with Crippen molar-refractivity contribution in [2.24, 2.45) is 0 Å². The van der Waals surface area contributed by atoms with E-state index in [4.69, 9.17) is 9.15 Å². The third-order valence-corrected chi connectivity index (χ3v) is 2.22. The maximum Gasteiger partial charge on any atom is 0.313 e. The zero-order valence-electron chi connectivity index (χ0n) is 11.0. The molecule has 6 nitrogen and oxygen atoms in total. The lowest BCUT2D eigenvalue weighted by Gasteiger charge is -2.13. The number of rotatable bonds is 4. The van der Waals surface area contributed by atoms with E-state index < -0.39 is 5.91 Å². The predicted octanol–water partition coefficient (Wildman–Crippen LogP) is 2.42. The van der Waals surface area contributed by atoms with Gasteiger partial charge in [-0.2, -0.15) is 0 Å². The smallest absolute Gasteiger partial charge is 0.313 e. The van der Waals surface area contributed by atoms with Gasteiger partial charge in [-0.25, -0.2) is 0 Å². The normalized spacial score (nSPS) is 10.5. The van der Waals surface area contributed by atoms with Crippen LogP contribution in [-0.4, -0.2) is 22.2 Å². The molecule has 1 aromatic carbocycles. The number of carbonyl (C=O) groups is 1. The standard InChI is InChI=1S/C13H15N3O3/c1-8(2)18-11-7-5-4-6-10(11)14-12(17)13-16-15-9(3)19-13/h4-8H,1-3H3,(H,14,17). The Kier molecular flexibility index (Phi) is 3.79. The van der Waals surface area contributed by atoms with E-state index in [1.807, 2.05) is 26.0 Å². The van der Waals surface area contributed by atoms with Crippen LogP contribution in [0, 0.1) is 6.92 Å². The van der Waals surface area contributed by atoms with Gasteiger partial charge >= 0.3 is 11.8 Å². The molecule has 0 aliphatic heterocycles. The minimum absolute atomic E-state index is 0.0173. The molecule has 0 radical (unpaired) electrons. The third kappa shape index (κ3) is 3.31. The van der Waals surface area contributed by atoms with E-state index in [1.54, 1.807) is 19.1 Å². The van der Waals surface area contributed by atoms with Gasteiger partial charge in [-0.3, -0.25) is 4.79 Å². The SMILES string of the molecule is Cc1nnc(C(=O)Nc2ccccc2OC(C)C)o1. The Labute approximate surface area is 110 Å². The highest BCUT2D eigenvalue weighted by Gasteiger charge is 2.15. The van der Waals surface area contributed by atoms with Gasteiger partial charge in [0, 0.05) is 6.92 Å². The second-order valence-corrected chi connectivity index (χ2v) is 4.24. The fraction of sp³-hybridized carbons (Fsp3) is 0.308. The van der Waals surface area contributed by atoms with E-state index in [-0.39, 0.29) is 12.0 Å². The number of amides is 1. The van der Waals surface area contributed by atoms with Gasteiger partial charge in [0.1, 0.15) is 5.75 Å². The van der Waals surface area contributed by atoms with Crippen molar-refractivity contribution in [3.63, 3.8) is 0 Å². The van der Waals surface area contributed by atoms with Crippen molar-refractivity contribution in [2.45, 2.75) is 26.9 Å². The molecule has 19 heavy (non-hydrogen) atoms. The molecule has 0 unspecified atom stereocenters. The van der Waals surface area contributed by atoms with Gasteiger partial charge in [0.05, 0.1) is 11.8 Å². The van der Waals surface area contributed by atoms with Crippen LogP contribution in [0.2, 0.25) is 0 Å². The van der Waals surface area contributed by atoms with Crippen LogP contribution in [0.5, 0.6) is 5.75 Å². The number of ether oxygens (including phenoxy) is 1. The van der Waals surface area contributed by atoms with Crippen LogP contribution < -0.4 is 10.1 Å². The van der Waals surface area contributed by atoms with Gasteiger partial charge in [0.2, 0.25) is 5.89 Å².